The van der Waals surface area contributed by atoms with Gasteiger partial charge in [0.05, 0.1) is 6.10 Å². The van der Waals surface area contributed by atoms with Gasteiger partial charge in [-0.1, -0.05) is 48.8 Å². The Morgan fingerprint density at radius 1 is 0.935 bits per heavy atom. The van der Waals surface area contributed by atoms with Crippen molar-refractivity contribution in [3.63, 3.8) is 0 Å². The first-order chi connectivity index (χ1) is 14.9. The molecule has 0 aromatic heterocycles. The third-order valence-corrected chi connectivity index (χ3v) is 11.0. The third kappa shape index (κ3) is 2.89. The first-order valence-corrected chi connectivity index (χ1v) is 13.2. The van der Waals surface area contributed by atoms with Crippen molar-refractivity contribution in [2.45, 2.75) is 97.0 Å². The van der Waals surface area contributed by atoms with Crippen LogP contribution < -0.4 is 0 Å². The standard InChI is InChI=1S/C29H40O2/c1-28-13-11-20(18-7-3-4-8-18)15-21(28)16-24(30)26-22(28)12-14-29(2)23(26)17-25(31)27(29)19-9-5-6-10-19/h7,9,16,20,22-24,26-27,30H,3-6,8,10-15,17H2,1-2H3/t20-,22?,23?,24+,26?,27-,28-,29-/m0/s1. The predicted octanol–water partition coefficient (Wildman–Crippen LogP) is 6.55. The number of rotatable bonds is 2. The molecule has 0 saturated heterocycles. The van der Waals surface area contributed by atoms with Gasteiger partial charge in [-0.15, -0.1) is 0 Å². The zero-order chi connectivity index (χ0) is 21.4. The molecule has 2 nitrogen and oxygen atoms in total. The summed E-state index contributed by atoms with van der Waals surface area (Å²) in [6, 6.07) is 0. The smallest absolute Gasteiger partial charge is 0.140 e. The number of aliphatic hydroxyl groups is 1. The summed E-state index contributed by atoms with van der Waals surface area (Å²) in [7, 11) is 0. The Hall–Kier alpha value is -1.15. The molecule has 0 spiro atoms. The van der Waals surface area contributed by atoms with E-state index in [1.165, 1.54) is 56.9 Å². The van der Waals surface area contributed by atoms with E-state index in [1.54, 1.807) is 11.1 Å². The van der Waals surface area contributed by atoms with E-state index in [4.69, 9.17) is 0 Å². The van der Waals surface area contributed by atoms with Crippen LogP contribution in [0.15, 0.2) is 34.9 Å². The second-order valence-electron chi connectivity index (χ2n) is 12.3. The molecule has 3 unspecified atom stereocenters. The number of hydrogen-bond acceptors (Lipinski definition) is 2. The minimum Gasteiger partial charge on any atom is -0.389 e. The summed E-state index contributed by atoms with van der Waals surface area (Å²) in [5, 5.41) is 11.5. The number of carbonyl (C=O) groups excluding carboxylic acids is 1. The van der Waals surface area contributed by atoms with Gasteiger partial charge in [-0.3, -0.25) is 4.79 Å². The van der Waals surface area contributed by atoms with Gasteiger partial charge in [0.15, 0.2) is 0 Å². The van der Waals surface area contributed by atoms with Crippen LogP contribution in [0.5, 0.6) is 0 Å². The van der Waals surface area contributed by atoms with E-state index in [2.05, 4.69) is 32.1 Å². The second-order valence-corrected chi connectivity index (χ2v) is 12.3. The maximum Gasteiger partial charge on any atom is 0.140 e. The van der Waals surface area contributed by atoms with Crippen molar-refractivity contribution >= 4 is 5.78 Å². The van der Waals surface area contributed by atoms with Crippen molar-refractivity contribution < 1.29 is 9.90 Å². The molecule has 0 aromatic rings. The summed E-state index contributed by atoms with van der Waals surface area (Å²) in [6.45, 7) is 4.92. The van der Waals surface area contributed by atoms with Gasteiger partial charge < -0.3 is 5.11 Å². The Kier molecular flexibility index (Phi) is 4.73. The van der Waals surface area contributed by atoms with Gasteiger partial charge in [-0.25, -0.2) is 0 Å². The van der Waals surface area contributed by atoms with Crippen LogP contribution in [-0.2, 0) is 4.79 Å². The van der Waals surface area contributed by atoms with Crippen LogP contribution in [0.3, 0.4) is 0 Å². The fourth-order valence-electron chi connectivity index (χ4n) is 9.42. The van der Waals surface area contributed by atoms with E-state index in [9.17, 15) is 9.90 Å². The number of aliphatic hydroxyl groups excluding tert-OH is 1. The lowest BCUT2D eigenvalue weighted by Gasteiger charge is -2.59. The molecule has 31 heavy (non-hydrogen) atoms. The Balaban J connectivity index is 1.32. The lowest BCUT2D eigenvalue weighted by molar-refractivity contribution is -0.121. The Morgan fingerprint density at radius 3 is 2.39 bits per heavy atom. The van der Waals surface area contributed by atoms with Crippen LogP contribution in [0.2, 0.25) is 0 Å². The molecule has 1 N–H and O–H groups in total. The molecule has 3 fully saturated rings. The molecule has 0 bridgehead atoms. The van der Waals surface area contributed by atoms with Gasteiger partial charge in [0.2, 0.25) is 0 Å². The van der Waals surface area contributed by atoms with Crippen LogP contribution >= 0.6 is 0 Å². The van der Waals surface area contributed by atoms with Crippen LogP contribution in [0.1, 0.15) is 90.9 Å². The third-order valence-electron chi connectivity index (χ3n) is 11.0. The predicted molar refractivity (Wildman–Crippen MR) is 124 cm³/mol. The Morgan fingerprint density at radius 2 is 1.68 bits per heavy atom. The largest absolute Gasteiger partial charge is 0.389 e. The molecular weight excluding hydrogens is 380 g/mol. The van der Waals surface area contributed by atoms with E-state index in [0.717, 1.165) is 19.3 Å². The van der Waals surface area contributed by atoms with E-state index in [-0.39, 0.29) is 28.8 Å². The van der Waals surface area contributed by atoms with Gasteiger partial charge in [0.25, 0.3) is 0 Å². The Bertz CT molecular complexity index is 877. The summed E-state index contributed by atoms with van der Waals surface area (Å²) in [4.78, 5) is 13.3. The first kappa shape index (κ1) is 20.5. The van der Waals surface area contributed by atoms with Crippen molar-refractivity contribution in [1.82, 2.24) is 0 Å². The summed E-state index contributed by atoms with van der Waals surface area (Å²) < 4.78 is 0. The number of hydrogen-bond donors (Lipinski definition) is 1. The highest BCUT2D eigenvalue weighted by molar-refractivity contribution is 5.87. The highest BCUT2D eigenvalue weighted by Crippen LogP contribution is 2.67. The molecule has 8 atom stereocenters. The lowest BCUT2D eigenvalue weighted by atomic mass is 9.46. The van der Waals surface area contributed by atoms with Crippen molar-refractivity contribution in [2.24, 2.45) is 40.4 Å². The quantitative estimate of drug-likeness (QED) is 0.514. The topological polar surface area (TPSA) is 37.3 Å². The molecule has 6 rings (SSSR count). The van der Waals surface area contributed by atoms with Crippen molar-refractivity contribution in [1.29, 1.82) is 0 Å². The highest BCUT2D eigenvalue weighted by Gasteiger charge is 2.63. The lowest BCUT2D eigenvalue weighted by Crippen LogP contribution is -2.54. The fourth-order valence-corrected chi connectivity index (χ4v) is 9.42. The zero-order valence-electron chi connectivity index (χ0n) is 19.5. The van der Waals surface area contributed by atoms with Gasteiger partial charge in [0.1, 0.15) is 5.78 Å². The van der Waals surface area contributed by atoms with E-state index in [0.29, 0.717) is 30.0 Å². The average molecular weight is 421 g/mol. The molecule has 2 heteroatoms. The van der Waals surface area contributed by atoms with Gasteiger partial charge in [-0.05, 0) is 105 Å². The highest BCUT2D eigenvalue weighted by atomic mass is 16.3. The summed E-state index contributed by atoms with van der Waals surface area (Å²) in [5.74, 6) is 2.49. The molecule has 0 amide bonds. The van der Waals surface area contributed by atoms with Crippen LogP contribution in [-0.4, -0.2) is 17.0 Å². The summed E-state index contributed by atoms with van der Waals surface area (Å²) >= 11 is 0. The number of fused-ring (bicyclic) bond motifs is 5. The molecule has 0 aliphatic heterocycles. The maximum absolute atomic E-state index is 13.3. The maximum atomic E-state index is 13.3. The molecule has 3 saturated carbocycles. The van der Waals surface area contributed by atoms with Crippen molar-refractivity contribution in [3.8, 4) is 0 Å². The van der Waals surface area contributed by atoms with E-state index < -0.39 is 0 Å². The average Bonchev–Trinajstić information content (AvgIpc) is 3.48. The van der Waals surface area contributed by atoms with Crippen LogP contribution in [0.25, 0.3) is 0 Å². The number of carbonyl (C=O) groups is 1. The van der Waals surface area contributed by atoms with Crippen LogP contribution in [0.4, 0.5) is 0 Å². The van der Waals surface area contributed by atoms with E-state index >= 15 is 0 Å². The summed E-state index contributed by atoms with van der Waals surface area (Å²) in [5.41, 5.74) is 4.97. The monoisotopic (exact) mass is 420 g/mol. The van der Waals surface area contributed by atoms with E-state index in [1.807, 2.05) is 0 Å². The zero-order valence-corrected chi connectivity index (χ0v) is 19.5. The van der Waals surface area contributed by atoms with Gasteiger partial charge in [-0.2, -0.15) is 0 Å². The molecule has 6 aliphatic rings. The number of allylic oxidation sites excluding steroid dienone is 5. The minimum absolute atomic E-state index is 0.0585. The Labute approximate surface area is 188 Å². The first-order valence-electron chi connectivity index (χ1n) is 13.2. The second kappa shape index (κ2) is 7.17. The van der Waals surface area contributed by atoms with Crippen molar-refractivity contribution in [3.05, 3.63) is 34.9 Å². The van der Waals surface area contributed by atoms with Crippen molar-refractivity contribution in [2.75, 3.05) is 0 Å². The minimum atomic E-state index is -0.363. The van der Waals surface area contributed by atoms with Crippen LogP contribution in [0, 0.1) is 40.4 Å². The number of ketones is 1. The summed E-state index contributed by atoms with van der Waals surface area (Å²) in [6.07, 6.45) is 21.0. The molecule has 0 radical (unpaired) electrons. The normalized spacial score (nSPS) is 49.1. The van der Waals surface area contributed by atoms with Gasteiger partial charge in [0, 0.05) is 12.3 Å². The molecule has 0 aromatic carbocycles. The molecule has 0 heterocycles. The van der Waals surface area contributed by atoms with Gasteiger partial charge >= 0.3 is 0 Å². The molecule has 6 aliphatic carbocycles. The number of Topliss-reactive ketones (excluding diaryl/α,β-unsaturated/α-hetero) is 1. The molecule has 168 valence electrons. The fraction of sp³-hybridized carbons (Fsp3) is 0.759. The molecular formula is C29H40O2. The SMILES string of the molecule is C[C@]12CC[C@H](C3=CCCC3)CC1=C[C@@H](O)C1C2CC[C@@]2(C)C1CC(=O)[C@@H]2C1=CCCC1.